The molecular formula is C30H26ClF2NO2. The highest BCUT2D eigenvalue weighted by Gasteiger charge is 2.14. The second-order valence-corrected chi connectivity index (χ2v) is 9.28. The molecule has 6 heteroatoms. The molecule has 0 bridgehead atoms. The van der Waals surface area contributed by atoms with Gasteiger partial charge in [0, 0.05) is 28.3 Å². The van der Waals surface area contributed by atoms with Crippen LogP contribution in [0.1, 0.15) is 42.9 Å². The molecular weight excluding hydrogens is 480 g/mol. The van der Waals surface area contributed by atoms with Gasteiger partial charge in [0.15, 0.2) is 0 Å². The van der Waals surface area contributed by atoms with E-state index >= 15 is 8.78 Å². The topological polar surface area (TPSA) is 43.1 Å². The van der Waals surface area contributed by atoms with Crippen LogP contribution in [0.4, 0.5) is 14.5 Å². The van der Waals surface area contributed by atoms with Gasteiger partial charge in [-0.15, -0.1) is 0 Å². The van der Waals surface area contributed by atoms with Crippen molar-refractivity contribution in [3.63, 3.8) is 0 Å². The van der Waals surface area contributed by atoms with Gasteiger partial charge in [-0.25, -0.2) is 8.78 Å². The van der Waals surface area contributed by atoms with Crippen LogP contribution in [0.15, 0.2) is 78.9 Å². The third kappa shape index (κ3) is 5.97. The third-order valence-electron chi connectivity index (χ3n) is 6.29. The van der Waals surface area contributed by atoms with Gasteiger partial charge in [0.25, 0.3) is 5.69 Å². The fourth-order valence-electron chi connectivity index (χ4n) is 4.25. The molecule has 0 atom stereocenters. The van der Waals surface area contributed by atoms with Crippen molar-refractivity contribution in [2.75, 3.05) is 0 Å². The highest BCUT2D eigenvalue weighted by atomic mass is 35.5. The molecule has 0 saturated heterocycles. The number of nitro benzene ring substituents is 1. The Bertz CT molecular complexity index is 1370. The first kappa shape index (κ1) is 25.5. The summed E-state index contributed by atoms with van der Waals surface area (Å²) >= 11 is 6.20. The van der Waals surface area contributed by atoms with Crippen LogP contribution >= 0.6 is 11.6 Å². The minimum Gasteiger partial charge on any atom is -0.258 e. The van der Waals surface area contributed by atoms with Gasteiger partial charge in [0.1, 0.15) is 11.6 Å². The Labute approximate surface area is 214 Å². The summed E-state index contributed by atoms with van der Waals surface area (Å²) in [6.07, 6.45) is 4.80. The van der Waals surface area contributed by atoms with Crippen molar-refractivity contribution >= 4 is 17.3 Å². The van der Waals surface area contributed by atoms with E-state index in [-0.39, 0.29) is 16.8 Å². The van der Waals surface area contributed by atoms with Crippen LogP contribution in [0, 0.1) is 21.7 Å². The van der Waals surface area contributed by atoms with Crippen molar-refractivity contribution < 1.29 is 13.7 Å². The lowest BCUT2D eigenvalue weighted by molar-refractivity contribution is -0.384. The first-order chi connectivity index (χ1) is 17.4. The number of non-ortho nitro benzene ring substituents is 1. The van der Waals surface area contributed by atoms with Crippen LogP contribution < -0.4 is 0 Å². The summed E-state index contributed by atoms with van der Waals surface area (Å²) in [4.78, 5) is 10.6. The predicted octanol–water partition coefficient (Wildman–Crippen LogP) is 9.18. The SMILES string of the molecule is CCCCCc1ccc(-c2cc(F)c(-c3ccc(Cc4cc([N+](=O)[O-])ccc4Cl)cc3)cc2F)cc1. The second-order valence-electron chi connectivity index (χ2n) is 8.87. The lowest BCUT2D eigenvalue weighted by Crippen LogP contribution is -1.95. The van der Waals surface area contributed by atoms with Gasteiger partial charge in [0.2, 0.25) is 0 Å². The van der Waals surface area contributed by atoms with Crippen molar-refractivity contribution in [3.05, 3.63) is 122 Å². The number of hydrogen-bond donors (Lipinski definition) is 0. The van der Waals surface area contributed by atoms with Crippen molar-refractivity contribution in [3.8, 4) is 22.3 Å². The Morgan fingerprint density at radius 2 is 1.33 bits per heavy atom. The second kappa shape index (κ2) is 11.4. The monoisotopic (exact) mass is 505 g/mol. The van der Waals surface area contributed by atoms with Crippen molar-refractivity contribution in [2.24, 2.45) is 0 Å². The molecule has 4 aromatic rings. The van der Waals surface area contributed by atoms with Crippen LogP contribution in [0.5, 0.6) is 0 Å². The highest BCUT2D eigenvalue weighted by Crippen LogP contribution is 2.32. The van der Waals surface area contributed by atoms with Crippen molar-refractivity contribution in [1.82, 2.24) is 0 Å². The molecule has 0 unspecified atom stereocenters. The van der Waals surface area contributed by atoms with Gasteiger partial charge in [-0.05, 0) is 65.3 Å². The molecule has 4 aromatic carbocycles. The largest absolute Gasteiger partial charge is 0.269 e. The zero-order valence-corrected chi connectivity index (χ0v) is 20.7. The summed E-state index contributed by atoms with van der Waals surface area (Å²) in [5, 5.41) is 11.5. The van der Waals surface area contributed by atoms with E-state index in [0.29, 0.717) is 28.1 Å². The molecule has 0 aliphatic carbocycles. The fraction of sp³-hybridized carbons (Fsp3) is 0.200. The third-order valence-corrected chi connectivity index (χ3v) is 6.66. The van der Waals surface area contributed by atoms with Gasteiger partial charge in [0.05, 0.1) is 4.92 Å². The Kier molecular flexibility index (Phi) is 8.11. The van der Waals surface area contributed by atoms with E-state index in [2.05, 4.69) is 6.92 Å². The van der Waals surface area contributed by atoms with E-state index in [1.54, 1.807) is 24.3 Å². The predicted molar refractivity (Wildman–Crippen MR) is 141 cm³/mol. The van der Waals surface area contributed by atoms with E-state index in [0.717, 1.165) is 24.8 Å². The number of unbranched alkanes of at least 4 members (excludes halogenated alkanes) is 2. The smallest absolute Gasteiger partial charge is 0.258 e. The summed E-state index contributed by atoms with van der Waals surface area (Å²) in [6, 6.07) is 21.4. The number of hydrogen-bond acceptors (Lipinski definition) is 2. The quantitative estimate of drug-likeness (QED) is 0.129. The standard InChI is InChI=1S/C30H26ClF2NO2/c1-2-3-4-5-20-6-10-22(11-7-20)26-18-30(33)27(19-29(26)32)23-12-8-21(9-13-23)16-24-17-25(34(35)36)14-15-28(24)31/h6-15,17-19H,2-5,16H2,1H3. The minimum absolute atomic E-state index is 0.0326. The zero-order chi connectivity index (χ0) is 25.7. The summed E-state index contributed by atoms with van der Waals surface area (Å²) in [6.45, 7) is 2.16. The van der Waals surface area contributed by atoms with Crippen LogP contribution in [-0.4, -0.2) is 4.92 Å². The first-order valence-electron chi connectivity index (χ1n) is 12.0. The van der Waals surface area contributed by atoms with Crippen molar-refractivity contribution in [1.29, 1.82) is 0 Å². The number of rotatable bonds is 9. The molecule has 184 valence electrons. The molecule has 0 heterocycles. The molecule has 36 heavy (non-hydrogen) atoms. The molecule has 0 saturated carbocycles. The van der Waals surface area contributed by atoms with E-state index in [4.69, 9.17) is 11.6 Å². The molecule has 0 fully saturated rings. The molecule has 4 rings (SSSR count). The van der Waals surface area contributed by atoms with E-state index in [1.807, 2.05) is 24.3 Å². The molecule has 0 aliphatic rings. The summed E-state index contributed by atoms with van der Waals surface area (Å²) in [5.41, 5.74) is 4.21. The first-order valence-corrected chi connectivity index (χ1v) is 12.3. The molecule has 0 amide bonds. The maximum Gasteiger partial charge on any atom is 0.269 e. The lowest BCUT2D eigenvalue weighted by Gasteiger charge is -2.11. The molecule has 3 nitrogen and oxygen atoms in total. The Hall–Kier alpha value is -3.57. The molecule has 0 N–H and O–H groups in total. The zero-order valence-electron chi connectivity index (χ0n) is 19.9. The average Bonchev–Trinajstić information content (AvgIpc) is 2.87. The maximum atomic E-state index is 15.1. The van der Waals surface area contributed by atoms with Crippen LogP contribution in [0.25, 0.3) is 22.3 Å². The Morgan fingerprint density at radius 1 is 0.778 bits per heavy atom. The molecule has 0 aromatic heterocycles. The van der Waals surface area contributed by atoms with E-state index in [9.17, 15) is 10.1 Å². The summed E-state index contributed by atoms with van der Waals surface area (Å²) < 4.78 is 30.1. The minimum atomic E-state index is -0.507. The van der Waals surface area contributed by atoms with Crippen molar-refractivity contribution in [2.45, 2.75) is 39.0 Å². The summed E-state index contributed by atoms with van der Waals surface area (Å²) in [5.74, 6) is -0.995. The average molecular weight is 506 g/mol. The Balaban J connectivity index is 1.53. The van der Waals surface area contributed by atoms with E-state index in [1.165, 1.54) is 42.3 Å². The molecule has 0 radical (unpaired) electrons. The van der Waals surface area contributed by atoms with E-state index < -0.39 is 16.6 Å². The van der Waals surface area contributed by atoms with Crippen LogP contribution in [0.3, 0.4) is 0 Å². The number of nitrogens with zero attached hydrogens (tertiary/aromatic N) is 1. The van der Waals surface area contributed by atoms with Crippen LogP contribution in [-0.2, 0) is 12.8 Å². The number of nitro groups is 1. The van der Waals surface area contributed by atoms with Gasteiger partial charge < -0.3 is 0 Å². The maximum absolute atomic E-state index is 15.1. The normalized spacial score (nSPS) is 11.0. The fourth-order valence-corrected chi connectivity index (χ4v) is 4.44. The van der Waals surface area contributed by atoms with Gasteiger partial charge >= 0.3 is 0 Å². The Morgan fingerprint density at radius 3 is 1.86 bits per heavy atom. The lowest BCUT2D eigenvalue weighted by atomic mass is 9.96. The number of aryl methyl sites for hydroxylation is 1. The van der Waals surface area contributed by atoms with Crippen LogP contribution in [0.2, 0.25) is 5.02 Å². The molecule has 0 spiro atoms. The number of halogens is 3. The highest BCUT2D eigenvalue weighted by molar-refractivity contribution is 6.31. The van der Waals surface area contributed by atoms with Gasteiger partial charge in [-0.2, -0.15) is 0 Å². The van der Waals surface area contributed by atoms with Gasteiger partial charge in [-0.1, -0.05) is 79.9 Å². The summed E-state index contributed by atoms with van der Waals surface area (Å²) in [7, 11) is 0. The van der Waals surface area contributed by atoms with Gasteiger partial charge in [-0.3, -0.25) is 10.1 Å². The number of benzene rings is 4. The molecule has 0 aliphatic heterocycles.